The number of para-hydroxylation sites is 2. The number of thioether (sulfide) groups is 1. The smallest absolute Gasteiger partial charge is 0.262 e. The molecule has 0 aliphatic heterocycles. The quantitative estimate of drug-likeness (QED) is 0.414. The van der Waals surface area contributed by atoms with Crippen molar-refractivity contribution >= 4 is 34.3 Å². The van der Waals surface area contributed by atoms with Crippen LogP contribution in [0.3, 0.4) is 0 Å². The molecular weight excluding hydrogens is 394 g/mol. The van der Waals surface area contributed by atoms with E-state index in [1.54, 1.807) is 10.6 Å². The molecule has 0 aliphatic carbocycles. The van der Waals surface area contributed by atoms with Gasteiger partial charge >= 0.3 is 0 Å². The van der Waals surface area contributed by atoms with Crippen LogP contribution < -0.4 is 10.9 Å². The van der Waals surface area contributed by atoms with Gasteiger partial charge in [-0.3, -0.25) is 14.2 Å². The summed E-state index contributed by atoms with van der Waals surface area (Å²) in [6.07, 6.45) is 0. The molecule has 0 spiro atoms. The number of hydrogen-bond donors (Lipinski definition) is 1. The first-order chi connectivity index (χ1) is 14.3. The Morgan fingerprint density at radius 2 is 1.70 bits per heavy atom. The van der Waals surface area contributed by atoms with Crippen LogP contribution in [0.4, 0.5) is 5.69 Å². The number of nitrogens with one attached hydrogen (secondary N) is 1. The van der Waals surface area contributed by atoms with E-state index in [1.165, 1.54) is 11.8 Å². The van der Waals surface area contributed by atoms with Gasteiger partial charge in [0, 0.05) is 12.2 Å². The minimum Gasteiger partial charge on any atom is -0.325 e. The number of nitrogens with zero attached hydrogens (tertiary/aromatic N) is 2. The normalized spacial score (nSPS) is 12.5. The van der Waals surface area contributed by atoms with Gasteiger partial charge in [0.05, 0.1) is 16.2 Å². The van der Waals surface area contributed by atoms with E-state index in [0.29, 0.717) is 28.5 Å². The van der Waals surface area contributed by atoms with Crippen LogP contribution >= 0.6 is 11.8 Å². The summed E-state index contributed by atoms with van der Waals surface area (Å²) in [6.45, 7) is 10.7. The predicted octanol–water partition coefficient (Wildman–Crippen LogP) is 5.30. The standard InChI is InChI=1S/C24H29N3O2S/c1-15(2)14-27-23(29)19-11-7-9-13-21(19)26-24(27)30-17(5)22(28)25-20-12-8-6-10-18(20)16(3)4/h6-13,15-17H,14H2,1-5H3,(H,25,28)/t17-/m1/s1. The lowest BCUT2D eigenvalue weighted by atomic mass is 10.0. The minimum absolute atomic E-state index is 0.0606. The maximum atomic E-state index is 13.1. The maximum absolute atomic E-state index is 13.1. The number of hydrogen-bond acceptors (Lipinski definition) is 4. The SMILES string of the molecule is CC(C)Cn1c(S[C@H](C)C(=O)Nc2ccccc2C(C)C)nc2ccccc2c1=O. The van der Waals surface area contributed by atoms with Crippen LogP contribution in [0.25, 0.3) is 10.9 Å². The Labute approximate surface area is 181 Å². The van der Waals surface area contributed by atoms with Crippen LogP contribution in [0.1, 0.15) is 46.1 Å². The fourth-order valence-electron chi connectivity index (χ4n) is 3.32. The highest BCUT2D eigenvalue weighted by molar-refractivity contribution is 8.00. The van der Waals surface area contributed by atoms with E-state index in [1.807, 2.05) is 49.4 Å². The summed E-state index contributed by atoms with van der Waals surface area (Å²) in [6, 6.07) is 15.2. The van der Waals surface area contributed by atoms with Gasteiger partial charge in [0.1, 0.15) is 0 Å². The fourth-order valence-corrected chi connectivity index (χ4v) is 4.24. The number of benzene rings is 2. The second-order valence-corrected chi connectivity index (χ2v) is 9.52. The second-order valence-electron chi connectivity index (χ2n) is 8.21. The Kier molecular flexibility index (Phi) is 6.98. The van der Waals surface area contributed by atoms with Gasteiger partial charge < -0.3 is 5.32 Å². The highest BCUT2D eigenvalue weighted by atomic mass is 32.2. The van der Waals surface area contributed by atoms with Crippen LogP contribution in [0.5, 0.6) is 0 Å². The molecule has 158 valence electrons. The minimum atomic E-state index is -0.406. The molecule has 3 rings (SSSR count). The van der Waals surface area contributed by atoms with Gasteiger partial charge in [0.2, 0.25) is 5.91 Å². The molecule has 1 amide bonds. The van der Waals surface area contributed by atoms with Gasteiger partial charge in [-0.05, 0) is 42.5 Å². The largest absolute Gasteiger partial charge is 0.325 e. The lowest BCUT2D eigenvalue weighted by Crippen LogP contribution is -2.28. The van der Waals surface area contributed by atoms with Gasteiger partial charge in [-0.2, -0.15) is 0 Å². The topological polar surface area (TPSA) is 64.0 Å². The molecule has 0 saturated carbocycles. The molecule has 2 aromatic carbocycles. The number of carbonyl (C=O) groups excluding carboxylic acids is 1. The molecule has 3 aromatic rings. The van der Waals surface area contributed by atoms with E-state index in [4.69, 9.17) is 4.98 Å². The van der Waals surface area contributed by atoms with Crippen LogP contribution in [0.2, 0.25) is 0 Å². The van der Waals surface area contributed by atoms with E-state index >= 15 is 0 Å². The molecule has 1 N–H and O–H groups in total. The van der Waals surface area contributed by atoms with Crippen molar-refractivity contribution in [3.63, 3.8) is 0 Å². The summed E-state index contributed by atoms with van der Waals surface area (Å²) in [4.78, 5) is 30.7. The van der Waals surface area contributed by atoms with E-state index in [0.717, 1.165) is 11.3 Å². The molecule has 5 nitrogen and oxygen atoms in total. The second kappa shape index (κ2) is 9.47. The summed E-state index contributed by atoms with van der Waals surface area (Å²) < 4.78 is 1.70. The molecule has 0 fully saturated rings. The lowest BCUT2D eigenvalue weighted by molar-refractivity contribution is -0.115. The number of anilines is 1. The van der Waals surface area contributed by atoms with Gasteiger partial charge in [-0.25, -0.2) is 4.98 Å². The first kappa shape index (κ1) is 22.1. The molecule has 1 atom stereocenters. The Morgan fingerprint density at radius 3 is 2.40 bits per heavy atom. The van der Waals surface area contributed by atoms with Crippen molar-refractivity contribution in [2.45, 2.75) is 57.5 Å². The molecule has 0 radical (unpaired) electrons. The average Bonchev–Trinajstić information content (AvgIpc) is 2.70. The van der Waals surface area contributed by atoms with Gasteiger partial charge in [0.25, 0.3) is 5.56 Å². The van der Waals surface area contributed by atoms with Crippen molar-refractivity contribution in [1.29, 1.82) is 0 Å². The summed E-state index contributed by atoms with van der Waals surface area (Å²) in [7, 11) is 0. The molecule has 0 unspecified atom stereocenters. The zero-order chi connectivity index (χ0) is 21.8. The van der Waals surface area contributed by atoms with Crippen LogP contribution in [-0.2, 0) is 11.3 Å². The molecule has 0 saturated heterocycles. The molecule has 1 heterocycles. The van der Waals surface area contributed by atoms with E-state index in [-0.39, 0.29) is 17.4 Å². The first-order valence-electron chi connectivity index (χ1n) is 10.3. The zero-order valence-corrected chi connectivity index (χ0v) is 19.0. The first-order valence-corrected chi connectivity index (χ1v) is 11.2. The Balaban J connectivity index is 1.89. The van der Waals surface area contributed by atoms with Crippen LogP contribution in [-0.4, -0.2) is 20.7 Å². The Hall–Kier alpha value is -2.60. The number of fused-ring (bicyclic) bond motifs is 1. The van der Waals surface area contributed by atoms with Crippen molar-refractivity contribution < 1.29 is 4.79 Å². The van der Waals surface area contributed by atoms with Crippen molar-refractivity contribution in [3.05, 3.63) is 64.4 Å². The summed E-state index contributed by atoms with van der Waals surface area (Å²) >= 11 is 1.32. The Morgan fingerprint density at radius 1 is 1.03 bits per heavy atom. The molecule has 0 bridgehead atoms. The summed E-state index contributed by atoms with van der Waals surface area (Å²) in [5, 5.41) is 3.82. The van der Waals surface area contributed by atoms with Crippen molar-refractivity contribution in [2.75, 3.05) is 5.32 Å². The highest BCUT2D eigenvalue weighted by Gasteiger charge is 2.21. The highest BCUT2D eigenvalue weighted by Crippen LogP contribution is 2.27. The average molecular weight is 424 g/mol. The number of aromatic nitrogens is 2. The van der Waals surface area contributed by atoms with Gasteiger partial charge in [0.15, 0.2) is 5.16 Å². The van der Waals surface area contributed by atoms with Crippen molar-refractivity contribution in [2.24, 2.45) is 5.92 Å². The van der Waals surface area contributed by atoms with Crippen LogP contribution in [0.15, 0.2) is 58.5 Å². The van der Waals surface area contributed by atoms with Gasteiger partial charge in [-0.15, -0.1) is 0 Å². The predicted molar refractivity (Wildman–Crippen MR) is 125 cm³/mol. The van der Waals surface area contributed by atoms with Crippen LogP contribution in [0, 0.1) is 5.92 Å². The lowest BCUT2D eigenvalue weighted by Gasteiger charge is -2.19. The summed E-state index contributed by atoms with van der Waals surface area (Å²) in [5.74, 6) is 0.488. The molecule has 30 heavy (non-hydrogen) atoms. The van der Waals surface area contributed by atoms with Crippen molar-refractivity contribution in [1.82, 2.24) is 9.55 Å². The number of rotatable bonds is 7. The van der Waals surface area contributed by atoms with E-state index < -0.39 is 5.25 Å². The maximum Gasteiger partial charge on any atom is 0.262 e. The van der Waals surface area contributed by atoms with Gasteiger partial charge in [-0.1, -0.05) is 69.8 Å². The fraction of sp³-hybridized carbons (Fsp3) is 0.375. The number of amides is 1. The molecular formula is C24H29N3O2S. The molecule has 6 heteroatoms. The third-order valence-electron chi connectivity index (χ3n) is 4.87. The zero-order valence-electron chi connectivity index (χ0n) is 18.2. The third kappa shape index (κ3) is 4.93. The number of carbonyl (C=O) groups is 1. The summed E-state index contributed by atoms with van der Waals surface area (Å²) in [5.41, 5.74) is 2.52. The van der Waals surface area contributed by atoms with Crippen molar-refractivity contribution in [3.8, 4) is 0 Å². The molecule has 0 aliphatic rings. The Bertz CT molecular complexity index is 1110. The molecule has 1 aromatic heterocycles. The van der Waals surface area contributed by atoms with E-state index in [2.05, 4.69) is 33.0 Å². The monoisotopic (exact) mass is 423 g/mol. The third-order valence-corrected chi connectivity index (χ3v) is 5.96. The van der Waals surface area contributed by atoms with E-state index in [9.17, 15) is 9.59 Å².